The van der Waals surface area contributed by atoms with Crippen LogP contribution in [-0.4, -0.2) is 29.7 Å². The summed E-state index contributed by atoms with van der Waals surface area (Å²) in [6.07, 6.45) is -1.27. The van der Waals surface area contributed by atoms with Gasteiger partial charge in [-0.2, -0.15) is 4.89 Å². The minimum atomic E-state index is -1.38. The molecule has 0 aliphatic rings. The number of rotatable bonds is 7. The number of aliphatic hydroxyl groups is 2. The highest BCUT2D eigenvalue weighted by molar-refractivity contribution is 5.32. The van der Waals surface area contributed by atoms with Gasteiger partial charge in [-0.25, -0.2) is 0 Å². The minimum absolute atomic E-state index is 0.102. The van der Waals surface area contributed by atoms with E-state index < -0.39 is 6.29 Å². The fourth-order valence-electron chi connectivity index (χ4n) is 1.05. The van der Waals surface area contributed by atoms with Crippen LogP contribution >= 0.6 is 0 Å². The van der Waals surface area contributed by atoms with Gasteiger partial charge in [0.1, 0.15) is 5.75 Å². The summed E-state index contributed by atoms with van der Waals surface area (Å²) in [6.45, 7) is 2.59. The molecule has 1 rings (SSSR count). The van der Waals surface area contributed by atoms with Crippen LogP contribution in [0.5, 0.6) is 11.5 Å². The molecule has 1 aromatic rings. The number of ether oxygens (including phenoxy) is 1. The van der Waals surface area contributed by atoms with Crippen molar-refractivity contribution in [2.24, 2.45) is 0 Å². The van der Waals surface area contributed by atoms with E-state index in [1.165, 1.54) is 0 Å². The summed E-state index contributed by atoms with van der Waals surface area (Å²) in [7, 11) is 0. The van der Waals surface area contributed by atoms with Gasteiger partial charge in [0.15, 0.2) is 12.0 Å². The SMILES string of the molecule is CCOc1cccc(OOCCC(O)O)c1. The van der Waals surface area contributed by atoms with Gasteiger partial charge >= 0.3 is 0 Å². The molecular weight excluding hydrogens is 212 g/mol. The summed E-state index contributed by atoms with van der Waals surface area (Å²) >= 11 is 0. The molecule has 0 amide bonds. The van der Waals surface area contributed by atoms with Gasteiger partial charge in [-0.05, 0) is 19.1 Å². The van der Waals surface area contributed by atoms with Gasteiger partial charge in [0, 0.05) is 12.5 Å². The zero-order valence-electron chi connectivity index (χ0n) is 9.13. The lowest BCUT2D eigenvalue weighted by atomic mass is 10.3. The van der Waals surface area contributed by atoms with Crippen molar-refractivity contribution in [2.75, 3.05) is 13.2 Å². The van der Waals surface area contributed by atoms with Crippen LogP contribution in [0, 0.1) is 0 Å². The minimum Gasteiger partial charge on any atom is -0.494 e. The van der Waals surface area contributed by atoms with Crippen molar-refractivity contribution in [3.63, 3.8) is 0 Å². The maximum Gasteiger partial charge on any atom is 0.169 e. The highest BCUT2D eigenvalue weighted by Gasteiger charge is 2.00. The Labute approximate surface area is 94.1 Å². The van der Waals surface area contributed by atoms with E-state index in [9.17, 15) is 0 Å². The van der Waals surface area contributed by atoms with E-state index in [0.29, 0.717) is 18.1 Å². The fourth-order valence-corrected chi connectivity index (χ4v) is 1.05. The van der Waals surface area contributed by atoms with Gasteiger partial charge < -0.3 is 19.8 Å². The second-order valence-corrected chi connectivity index (χ2v) is 3.08. The lowest BCUT2D eigenvalue weighted by Crippen LogP contribution is -2.10. The lowest BCUT2D eigenvalue weighted by Gasteiger charge is -2.07. The molecule has 0 fully saturated rings. The molecule has 0 aliphatic carbocycles. The average Bonchev–Trinajstić information content (AvgIpc) is 2.25. The van der Waals surface area contributed by atoms with Crippen molar-refractivity contribution in [2.45, 2.75) is 19.6 Å². The maximum atomic E-state index is 8.56. The second kappa shape index (κ2) is 7.05. The molecule has 16 heavy (non-hydrogen) atoms. The van der Waals surface area contributed by atoms with Gasteiger partial charge in [0.05, 0.1) is 13.2 Å². The molecule has 0 atom stereocenters. The highest BCUT2D eigenvalue weighted by Crippen LogP contribution is 2.19. The van der Waals surface area contributed by atoms with Crippen LogP contribution in [0.25, 0.3) is 0 Å². The summed E-state index contributed by atoms with van der Waals surface area (Å²) in [5, 5.41) is 17.1. The summed E-state index contributed by atoms with van der Waals surface area (Å²) in [6, 6.07) is 7.01. The molecule has 0 unspecified atom stereocenters. The first-order chi connectivity index (χ1) is 7.72. The summed E-state index contributed by atoms with van der Waals surface area (Å²) in [4.78, 5) is 9.73. The van der Waals surface area contributed by atoms with Crippen LogP contribution in [-0.2, 0) is 4.89 Å². The zero-order chi connectivity index (χ0) is 11.8. The molecule has 0 spiro atoms. The Morgan fingerprint density at radius 3 is 2.69 bits per heavy atom. The van der Waals surface area contributed by atoms with Crippen LogP contribution in [0.4, 0.5) is 0 Å². The van der Waals surface area contributed by atoms with Crippen LogP contribution in [0.1, 0.15) is 13.3 Å². The number of hydrogen-bond acceptors (Lipinski definition) is 5. The maximum absolute atomic E-state index is 8.56. The first-order valence-corrected chi connectivity index (χ1v) is 5.11. The van der Waals surface area contributed by atoms with E-state index in [-0.39, 0.29) is 13.0 Å². The van der Waals surface area contributed by atoms with Gasteiger partial charge in [-0.3, -0.25) is 0 Å². The van der Waals surface area contributed by atoms with Crippen LogP contribution in [0.2, 0.25) is 0 Å². The van der Waals surface area contributed by atoms with Gasteiger partial charge in [0.25, 0.3) is 0 Å². The van der Waals surface area contributed by atoms with Crippen molar-refractivity contribution < 1.29 is 24.7 Å². The zero-order valence-corrected chi connectivity index (χ0v) is 9.13. The Morgan fingerprint density at radius 2 is 2.00 bits per heavy atom. The molecule has 5 nitrogen and oxygen atoms in total. The summed E-state index contributed by atoms with van der Waals surface area (Å²) in [5.41, 5.74) is 0. The topological polar surface area (TPSA) is 68.2 Å². The van der Waals surface area contributed by atoms with E-state index >= 15 is 0 Å². The second-order valence-electron chi connectivity index (χ2n) is 3.08. The molecule has 5 heteroatoms. The van der Waals surface area contributed by atoms with E-state index in [1.807, 2.05) is 13.0 Å². The molecule has 0 saturated carbocycles. The van der Waals surface area contributed by atoms with Crippen molar-refractivity contribution >= 4 is 0 Å². The Morgan fingerprint density at radius 1 is 1.25 bits per heavy atom. The van der Waals surface area contributed by atoms with Crippen LogP contribution in [0.15, 0.2) is 24.3 Å². The predicted molar refractivity (Wildman–Crippen MR) is 57.0 cm³/mol. The van der Waals surface area contributed by atoms with Gasteiger partial charge in [-0.1, -0.05) is 6.07 Å². The monoisotopic (exact) mass is 228 g/mol. The molecule has 0 aliphatic heterocycles. The Hall–Kier alpha value is -1.30. The van der Waals surface area contributed by atoms with Crippen molar-refractivity contribution in [1.82, 2.24) is 0 Å². The van der Waals surface area contributed by atoms with E-state index in [2.05, 4.69) is 0 Å². The third-order valence-electron chi connectivity index (χ3n) is 1.73. The Bertz CT molecular complexity index is 300. The van der Waals surface area contributed by atoms with Crippen LogP contribution < -0.4 is 9.62 Å². The molecular formula is C11H16O5. The quantitative estimate of drug-likeness (QED) is 0.316. The summed E-state index contributed by atoms with van der Waals surface area (Å²) in [5.74, 6) is 1.21. The third-order valence-corrected chi connectivity index (χ3v) is 1.73. The first-order valence-electron chi connectivity index (χ1n) is 5.11. The molecule has 90 valence electrons. The molecule has 0 saturated heterocycles. The van der Waals surface area contributed by atoms with Crippen molar-refractivity contribution in [3.05, 3.63) is 24.3 Å². The molecule has 0 heterocycles. The van der Waals surface area contributed by atoms with Gasteiger partial charge in [0.2, 0.25) is 0 Å². The lowest BCUT2D eigenvalue weighted by molar-refractivity contribution is -0.218. The number of benzene rings is 1. The smallest absolute Gasteiger partial charge is 0.169 e. The summed E-state index contributed by atoms with van der Waals surface area (Å²) < 4.78 is 5.28. The standard InChI is InChI=1S/C11H16O5/c1-2-14-9-4-3-5-10(8-9)16-15-7-6-11(12)13/h3-5,8,11-13H,2,6-7H2,1H3. The van der Waals surface area contributed by atoms with E-state index in [4.69, 9.17) is 24.7 Å². The predicted octanol–water partition coefficient (Wildman–Crippen LogP) is 1.10. The normalized spacial score (nSPS) is 10.5. The average molecular weight is 228 g/mol. The van der Waals surface area contributed by atoms with Crippen molar-refractivity contribution in [1.29, 1.82) is 0 Å². The van der Waals surface area contributed by atoms with Gasteiger partial charge in [-0.15, -0.1) is 0 Å². The van der Waals surface area contributed by atoms with Crippen molar-refractivity contribution in [3.8, 4) is 11.5 Å². The molecule has 0 bridgehead atoms. The number of aliphatic hydroxyl groups excluding tert-OH is 1. The largest absolute Gasteiger partial charge is 0.494 e. The van der Waals surface area contributed by atoms with E-state index in [0.717, 1.165) is 0 Å². The Kier molecular flexibility index (Phi) is 5.63. The third kappa shape index (κ3) is 4.97. The fraction of sp³-hybridized carbons (Fsp3) is 0.455. The molecule has 0 aromatic heterocycles. The Balaban J connectivity index is 2.33. The van der Waals surface area contributed by atoms with E-state index in [1.54, 1.807) is 18.2 Å². The molecule has 0 radical (unpaired) electrons. The highest BCUT2D eigenvalue weighted by atomic mass is 17.2. The van der Waals surface area contributed by atoms with Crippen LogP contribution in [0.3, 0.4) is 0 Å². The first kappa shape index (κ1) is 12.8. The number of hydrogen-bond donors (Lipinski definition) is 2. The molecule has 2 N–H and O–H groups in total. The molecule has 1 aromatic carbocycles.